The molecule has 6 heteroatoms. The monoisotopic (exact) mass is 230 g/mol. The van der Waals surface area contributed by atoms with Gasteiger partial charge in [-0.05, 0) is 6.92 Å². The summed E-state index contributed by atoms with van der Waals surface area (Å²) < 4.78 is 29.0. The maximum Gasteiger partial charge on any atom is 0.762 e. The maximum atomic E-state index is 11.2. The zero-order valence-corrected chi connectivity index (χ0v) is 8.62. The molecule has 16 heavy (non-hydrogen) atoms. The van der Waals surface area contributed by atoms with Crippen LogP contribution >= 0.6 is 0 Å². The second-order valence-electron chi connectivity index (χ2n) is 2.92. The van der Waals surface area contributed by atoms with Crippen LogP contribution < -0.4 is 0 Å². The lowest BCUT2D eigenvalue weighted by molar-refractivity contribution is -0.116. The van der Waals surface area contributed by atoms with Crippen LogP contribution in [-0.2, 0) is 4.79 Å². The van der Waals surface area contributed by atoms with Gasteiger partial charge in [0.05, 0.1) is 6.42 Å². The van der Waals surface area contributed by atoms with Crippen molar-refractivity contribution < 1.29 is 22.5 Å². The molecule has 0 saturated heterocycles. The van der Waals surface area contributed by atoms with Crippen molar-refractivity contribution in [1.82, 2.24) is 0 Å². The summed E-state index contributed by atoms with van der Waals surface area (Å²) >= 11 is 0. The van der Waals surface area contributed by atoms with Gasteiger partial charge in [0.25, 0.3) is 0 Å². The van der Waals surface area contributed by atoms with Gasteiger partial charge in [-0.15, -0.1) is 0 Å². The van der Waals surface area contributed by atoms with Gasteiger partial charge >= 0.3 is 7.54 Å². The highest BCUT2D eigenvalue weighted by Crippen LogP contribution is 2.02. The molecule has 0 atom stereocenters. The van der Waals surface area contributed by atoms with Gasteiger partial charge in [-0.25, -0.2) is 0 Å². The first-order chi connectivity index (χ1) is 7.43. The molecule has 0 aromatic heterocycles. The standard InChI is InChI=1S/C10H10O2.BF3/c1-8(11)7-10(12)9-5-3-2-4-6-9;2-1(3)4/h2-6H,7H2,1H3;. The van der Waals surface area contributed by atoms with Crippen LogP contribution in [0.2, 0.25) is 0 Å². The van der Waals surface area contributed by atoms with Crippen LogP contribution in [0.15, 0.2) is 30.3 Å². The molecular formula is C10H10BF3O2. The summed E-state index contributed by atoms with van der Waals surface area (Å²) in [5.41, 5.74) is 0.604. The van der Waals surface area contributed by atoms with Crippen LogP contribution in [0.3, 0.4) is 0 Å². The molecule has 1 aromatic carbocycles. The van der Waals surface area contributed by atoms with E-state index in [4.69, 9.17) is 0 Å². The third-order valence-electron chi connectivity index (χ3n) is 1.51. The van der Waals surface area contributed by atoms with E-state index in [1.807, 2.05) is 6.07 Å². The van der Waals surface area contributed by atoms with Gasteiger partial charge in [-0.1, -0.05) is 30.3 Å². The minimum absolute atomic E-state index is 0.00398. The summed E-state index contributed by atoms with van der Waals surface area (Å²) in [5.74, 6) is -0.202. The van der Waals surface area contributed by atoms with Crippen molar-refractivity contribution in [3.05, 3.63) is 35.9 Å². The summed E-state index contributed by atoms with van der Waals surface area (Å²) in [6, 6.07) is 8.84. The summed E-state index contributed by atoms with van der Waals surface area (Å²) in [7, 11) is -3.67. The van der Waals surface area contributed by atoms with Crippen LogP contribution in [0, 0.1) is 0 Å². The Labute approximate surface area is 91.7 Å². The minimum Gasteiger partial charge on any atom is -0.300 e. The number of hydrogen-bond acceptors (Lipinski definition) is 2. The summed E-state index contributed by atoms with van der Waals surface area (Å²) in [6.07, 6.45) is 0.00398. The van der Waals surface area contributed by atoms with E-state index in [0.29, 0.717) is 5.56 Å². The molecule has 2 nitrogen and oxygen atoms in total. The number of benzene rings is 1. The molecule has 1 rings (SSSR count). The van der Waals surface area contributed by atoms with Crippen molar-refractivity contribution >= 4 is 19.1 Å². The first-order valence-electron chi connectivity index (χ1n) is 4.43. The van der Waals surface area contributed by atoms with Gasteiger partial charge in [0.2, 0.25) is 0 Å². The van der Waals surface area contributed by atoms with E-state index in [1.165, 1.54) is 6.92 Å². The Balaban J connectivity index is 0.000000487. The Bertz CT molecular complexity index is 338. The minimum atomic E-state index is -3.67. The van der Waals surface area contributed by atoms with Crippen molar-refractivity contribution in [3.63, 3.8) is 0 Å². The fourth-order valence-electron chi connectivity index (χ4n) is 0.952. The van der Waals surface area contributed by atoms with Gasteiger partial charge < -0.3 is 0 Å². The molecule has 0 aliphatic heterocycles. The molecule has 0 saturated carbocycles. The van der Waals surface area contributed by atoms with Crippen molar-refractivity contribution in [2.24, 2.45) is 0 Å². The van der Waals surface area contributed by atoms with E-state index in [0.717, 1.165) is 0 Å². The predicted molar refractivity (Wildman–Crippen MR) is 55.1 cm³/mol. The fourth-order valence-corrected chi connectivity index (χ4v) is 0.952. The van der Waals surface area contributed by atoms with Crippen molar-refractivity contribution in [2.75, 3.05) is 0 Å². The van der Waals surface area contributed by atoms with Gasteiger partial charge in [-0.2, -0.15) is 0 Å². The van der Waals surface area contributed by atoms with Gasteiger partial charge in [0, 0.05) is 5.56 Å². The largest absolute Gasteiger partial charge is 0.762 e. The van der Waals surface area contributed by atoms with Crippen LogP contribution in [0.25, 0.3) is 0 Å². The maximum absolute atomic E-state index is 11.2. The molecular weight excluding hydrogens is 220 g/mol. The van der Waals surface area contributed by atoms with Crippen LogP contribution in [0.5, 0.6) is 0 Å². The lowest BCUT2D eigenvalue weighted by Crippen LogP contribution is -2.04. The number of hydrogen-bond donors (Lipinski definition) is 0. The normalized spacial score (nSPS) is 8.75. The lowest BCUT2D eigenvalue weighted by atomic mass is 10.1. The number of carbonyl (C=O) groups excluding carboxylic acids is 2. The van der Waals surface area contributed by atoms with Crippen LogP contribution in [-0.4, -0.2) is 19.1 Å². The number of Topliss-reactive ketones (excluding diaryl/α,β-unsaturated/α-hetero) is 2. The third kappa shape index (κ3) is 7.79. The highest BCUT2D eigenvalue weighted by Gasteiger charge is 2.07. The van der Waals surface area contributed by atoms with Gasteiger partial charge in [-0.3, -0.25) is 22.5 Å². The fraction of sp³-hybridized carbons (Fsp3) is 0.200. The Kier molecular flexibility index (Phi) is 6.91. The first-order valence-corrected chi connectivity index (χ1v) is 4.43. The van der Waals surface area contributed by atoms with E-state index in [9.17, 15) is 22.5 Å². The Morgan fingerprint density at radius 2 is 1.56 bits per heavy atom. The molecule has 0 spiro atoms. The topological polar surface area (TPSA) is 34.1 Å². The van der Waals surface area contributed by atoms with E-state index in [-0.39, 0.29) is 18.0 Å². The molecule has 0 amide bonds. The van der Waals surface area contributed by atoms with Crippen molar-refractivity contribution in [1.29, 1.82) is 0 Å². The highest BCUT2D eigenvalue weighted by atomic mass is 19.4. The van der Waals surface area contributed by atoms with Gasteiger partial charge in [0.1, 0.15) is 5.78 Å². The van der Waals surface area contributed by atoms with E-state index in [2.05, 4.69) is 0 Å². The van der Waals surface area contributed by atoms with E-state index in [1.54, 1.807) is 24.3 Å². The zero-order chi connectivity index (χ0) is 12.6. The Hall–Kier alpha value is -1.59. The van der Waals surface area contributed by atoms with Crippen molar-refractivity contribution in [2.45, 2.75) is 13.3 Å². The summed E-state index contributed by atoms with van der Waals surface area (Å²) in [5, 5.41) is 0. The predicted octanol–water partition coefficient (Wildman–Crippen LogP) is 2.73. The molecule has 0 heterocycles. The quantitative estimate of drug-likeness (QED) is 0.454. The van der Waals surface area contributed by atoms with Crippen LogP contribution in [0.4, 0.5) is 12.9 Å². The number of rotatable bonds is 3. The second kappa shape index (κ2) is 7.67. The summed E-state index contributed by atoms with van der Waals surface area (Å²) in [4.78, 5) is 21.8. The summed E-state index contributed by atoms with van der Waals surface area (Å²) in [6.45, 7) is 1.42. The smallest absolute Gasteiger partial charge is 0.300 e. The lowest BCUT2D eigenvalue weighted by Gasteiger charge is -1.95. The first kappa shape index (κ1) is 14.4. The molecule has 0 aliphatic rings. The van der Waals surface area contributed by atoms with Crippen LogP contribution in [0.1, 0.15) is 23.7 Å². The molecule has 0 fully saturated rings. The molecule has 0 N–H and O–H groups in total. The van der Waals surface area contributed by atoms with E-state index < -0.39 is 7.54 Å². The SMILES string of the molecule is CC(=O)CC(=O)c1ccccc1.FB(F)F. The third-order valence-corrected chi connectivity index (χ3v) is 1.51. The molecule has 0 aliphatic carbocycles. The number of carbonyl (C=O) groups is 2. The Morgan fingerprint density at radius 3 is 1.94 bits per heavy atom. The molecule has 86 valence electrons. The average Bonchev–Trinajstić information content (AvgIpc) is 2.17. The average molecular weight is 230 g/mol. The van der Waals surface area contributed by atoms with Gasteiger partial charge in [0.15, 0.2) is 5.78 Å². The second-order valence-corrected chi connectivity index (χ2v) is 2.92. The highest BCUT2D eigenvalue weighted by molar-refractivity contribution is 6.33. The molecule has 1 aromatic rings. The van der Waals surface area contributed by atoms with E-state index >= 15 is 0 Å². The number of ketones is 2. The Morgan fingerprint density at radius 1 is 1.12 bits per heavy atom. The molecule has 0 bridgehead atoms. The molecule has 0 unspecified atom stereocenters. The number of halogens is 3. The zero-order valence-electron chi connectivity index (χ0n) is 8.62. The van der Waals surface area contributed by atoms with Crippen molar-refractivity contribution in [3.8, 4) is 0 Å². The molecule has 0 radical (unpaired) electrons.